The molecule has 0 aromatic heterocycles. The quantitative estimate of drug-likeness (QED) is 0.527. The molecule has 0 spiro atoms. The molecular formula is C21H23NO6. The van der Waals surface area contributed by atoms with Crippen molar-refractivity contribution >= 4 is 23.9 Å². The second-order valence-electron chi connectivity index (χ2n) is 5.99. The third kappa shape index (κ3) is 5.84. The summed E-state index contributed by atoms with van der Waals surface area (Å²) in [7, 11) is 1.43. The minimum absolute atomic E-state index is 0.290. The van der Waals surface area contributed by atoms with Crippen LogP contribution >= 0.6 is 0 Å². The van der Waals surface area contributed by atoms with Crippen LogP contribution in [0.25, 0.3) is 0 Å². The van der Waals surface area contributed by atoms with Gasteiger partial charge < -0.3 is 19.5 Å². The number of hydrogen-bond donors (Lipinski definition) is 1. The normalized spacial score (nSPS) is 11.2. The van der Waals surface area contributed by atoms with Gasteiger partial charge in [0.2, 0.25) is 0 Å². The molecule has 0 saturated heterocycles. The maximum absolute atomic E-state index is 12.2. The number of aryl methyl sites for hydroxylation is 1. The average Bonchev–Trinajstić information content (AvgIpc) is 2.72. The van der Waals surface area contributed by atoms with Gasteiger partial charge in [-0.25, -0.2) is 4.79 Å². The Hall–Kier alpha value is -3.35. The number of ether oxygens (including phenoxy) is 3. The fourth-order valence-electron chi connectivity index (χ4n) is 2.37. The number of rotatable bonds is 9. The Morgan fingerprint density at radius 2 is 1.82 bits per heavy atom. The standard InChI is InChI=1S/C21H23NO6/c1-4-15-5-8-17(9-6-15)22-21(25)14(2)28-20(24)13-27-18-10-7-16(12-23)11-19(18)26-3/h5-12,14H,4,13H2,1-3H3,(H,22,25)/t14-/m1/s1. The van der Waals surface area contributed by atoms with Gasteiger partial charge in [-0.2, -0.15) is 0 Å². The van der Waals surface area contributed by atoms with Crippen LogP contribution in [0.1, 0.15) is 29.8 Å². The van der Waals surface area contributed by atoms with Crippen LogP contribution in [0.5, 0.6) is 11.5 Å². The van der Waals surface area contributed by atoms with Gasteiger partial charge in [0.05, 0.1) is 7.11 Å². The second-order valence-corrected chi connectivity index (χ2v) is 5.99. The first-order chi connectivity index (χ1) is 13.5. The highest BCUT2D eigenvalue weighted by Crippen LogP contribution is 2.27. The second kappa shape index (κ2) is 10.1. The third-order valence-electron chi connectivity index (χ3n) is 3.98. The van der Waals surface area contributed by atoms with Crippen LogP contribution in [-0.2, 0) is 20.7 Å². The molecule has 0 unspecified atom stereocenters. The molecule has 0 radical (unpaired) electrons. The van der Waals surface area contributed by atoms with Crippen molar-refractivity contribution in [2.75, 3.05) is 19.0 Å². The molecule has 0 saturated carbocycles. The van der Waals surface area contributed by atoms with E-state index in [4.69, 9.17) is 14.2 Å². The van der Waals surface area contributed by atoms with Crippen molar-refractivity contribution in [2.45, 2.75) is 26.4 Å². The summed E-state index contributed by atoms with van der Waals surface area (Å²) in [5.41, 5.74) is 2.21. The molecule has 0 aliphatic rings. The number of methoxy groups -OCH3 is 1. The summed E-state index contributed by atoms with van der Waals surface area (Å²) < 4.78 is 15.6. The van der Waals surface area contributed by atoms with Crippen molar-refractivity contribution in [3.05, 3.63) is 53.6 Å². The Balaban J connectivity index is 1.86. The number of aldehydes is 1. The molecule has 1 N–H and O–H groups in total. The van der Waals surface area contributed by atoms with E-state index < -0.39 is 24.6 Å². The molecule has 1 amide bonds. The van der Waals surface area contributed by atoms with Gasteiger partial charge in [-0.15, -0.1) is 0 Å². The maximum atomic E-state index is 12.2. The summed E-state index contributed by atoms with van der Waals surface area (Å²) >= 11 is 0. The van der Waals surface area contributed by atoms with E-state index >= 15 is 0 Å². The zero-order valence-electron chi connectivity index (χ0n) is 16.1. The SMILES string of the molecule is CCc1ccc(NC(=O)[C@@H](C)OC(=O)COc2ccc(C=O)cc2OC)cc1. The van der Waals surface area contributed by atoms with Crippen LogP contribution in [0.3, 0.4) is 0 Å². The molecule has 0 fully saturated rings. The summed E-state index contributed by atoms with van der Waals surface area (Å²) in [6, 6.07) is 12.0. The first-order valence-corrected chi connectivity index (χ1v) is 8.82. The minimum Gasteiger partial charge on any atom is -0.493 e. The first kappa shape index (κ1) is 21.0. The lowest BCUT2D eigenvalue weighted by atomic mass is 10.1. The molecular weight excluding hydrogens is 362 g/mol. The van der Waals surface area contributed by atoms with E-state index in [0.717, 1.165) is 12.0 Å². The van der Waals surface area contributed by atoms with E-state index in [1.54, 1.807) is 12.1 Å². The Morgan fingerprint density at radius 1 is 1.11 bits per heavy atom. The highest BCUT2D eigenvalue weighted by atomic mass is 16.6. The molecule has 2 aromatic rings. The van der Waals surface area contributed by atoms with Gasteiger partial charge in [0, 0.05) is 11.3 Å². The van der Waals surface area contributed by atoms with E-state index in [0.29, 0.717) is 23.3 Å². The summed E-state index contributed by atoms with van der Waals surface area (Å²) in [5, 5.41) is 2.69. The fourth-order valence-corrected chi connectivity index (χ4v) is 2.37. The molecule has 0 aliphatic heterocycles. The lowest BCUT2D eigenvalue weighted by molar-refractivity contribution is -0.155. The predicted molar refractivity (Wildman–Crippen MR) is 104 cm³/mol. The van der Waals surface area contributed by atoms with Gasteiger partial charge in [0.25, 0.3) is 5.91 Å². The smallest absolute Gasteiger partial charge is 0.344 e. The van der Waals surface area contributed by atoms with Crippen LogP contribution < -0.4 is 14.8 Å². The van der Waals surface area contributed by atoms with E-state index in [2.05, 4.69) is 5.32 Å². The van der Waals surface area contributed by atoms with Gasteiger partial charge in [0.15, 0.2) is 24.2 Å². The summed E-state index contributed by atoms with van der Waals surface area (Å²) in [6.45, 7) is 3.12. The van der Waals surface area contributed by atoms with Gasteiger partial charge in [-0.1, -0.05) is 19.1 Å². The molecule has 2 aromatic carbocycles. The predicted octanol–water partition coefficient (Wildman–Crippen LogP) is 3.02. The molecule has 28 heavy (non-hydrogen) atoms. The first-order valence-electron chi connectivity index (χ1n) is 8.82. The monoisotopic (exact) mass is 385 g/mol. The lowest BCUT2D eigenvalue weighted by Gasteiger charge is -2.15. The maximum Gasteiger partial charge on any atom is 0.344 e. The van der Waals surface area contributed by atoms with Gasteiger partial charge in [-0.05, 0) is 49.2 Å². The van der Waals surface area contributed by atoms with Crippen molar-refractivity contribution in [3.8, 4) is 11.5 Å². The molecule has 2 rings (SSSR count). The lowest BCUT2D eigenvalue weighted by Crippen LogP contribution is -2.31. The van der Waals surface area contributed by atoms with Crippen molar-refractivity contribution in [1.29, 1.82) is 0 Å². The summed E-state index contributed by atoms with van der Waals surface area (Å²) in [5.74, 6) is -0.534. The van der Waals surface area contributed by atoms with Crippen molar-refractivity contribution in [2.24, 2.45) is 0 Å². The molecule has 1 atom stereocenters. The van der Waals surface area contributed by atoms with Crippen LogP contribution in [0.2, 0.25) is 0 Å². The molecule has 0 aliphatic carbocycles. The largest absolute Gasteiger partial charge is 0.493 e. The Labute approximate surface area is 163 Å². The topological polar surface area (TPSA) is 90.9 Å². The van der Waals surface area contributed by atoms with Crippen molar-refractivity contribution in [3.63, 3.8) is 0 Å². The summed E-state index contributed by atoms with van der Waals surface area (Å²) in [4.78, 5) is 34.9. The Kier molecular flexibility index (Phi) is 7.56. The van der Waals surface area contributed by atoms with Gasteiger partial charge in [-0.3, -0.25) is 9.59 Å². The minimum atomic E-state index is -0.985. The van der Waals surface area contributed by atoms with Gasteiger partial charge >= 0.3 is 5.97 Å². The number of esters is 1. The van der Waals surface area contributed by atoms with Crippen molar-refractivity contribution < 1.29 is 28.6 Å². The molecule has 7 nitrogen and oxygen atoms in total. The number of hydrogen-bond acceptors (Lipinski definition) is 6. The van der Waals surface area contributed by atoms with Crippen LogP contribution in [0.15, 0.2) is 42.5 Å². The summed E-state index contributed by atoms with van der Waals surface area (Å²) in [6.07, 6.45) is 0.600. The number of benzene rings is 2. The van der Waals surface area contributed by atoms with E-state index in [-0.39, 0.29) is 5.75 Å². The van der Waals surface area contributed by atoms with Crippen molar-refractivity contribution in [1.82, 2.24) is 0 Å². The van der Waals surface area contributed by atoms with Gasteiger partial charge in [0.1, 0.15) is 6.29 Å². The third-order valence-corrected chi connectivity index (χ3v) is 3.98. The Morgan fingerprint density at radius 3 is 2.43 bits per heavy atom. The molecule has 0 bridgehead atoms. The fraction of sp³-hybridized carbons (Fsp3) is 0.286. The van der Waals surface area contributed by atoms with Crippen LogP contribution in [0, 0.1) is 0 Å². The van der Waals surface area contributed by atoms with Crippen LogP contribution in [0.4, 0.5) is 5.69 Å². The van der Waals surface area contributed by atoms with E-state index in [1.807, 2.05) is 19.1 Å². The number of carbonyl (C=O) groups excluding carboxylic acids is 3. The number of anilines is 1. The molecule has 7 heteroatoms. The highest BCUT2D eigenvalue weighted by molar-refractivity contribution is 5.95. The average molecular weight is 385 g/mol. The van der Waals surface area contributed by atoms with E-state index in [9.17, 15) is 14.4 Å². The van der Waals surface area contributed by atoms with E-state index in [1.165, 1.54) is 32.2 Å². The number of carbonyl (C=O) groups is 3. The molecule has 148 valence electrons. The number of amides is 1. The number of nitrogens with one attached hydrogen (secondary N) is 1. The molecule has 0 heterocycles. The van der Waals surface area contributed by atoms with Crippen LogP contribution in [-0.4, -0.2) is 38.0 Å². The zero-order chi connectivity index (χ0) is 20.5. The zero-order valence-corrected chi connectivity index (χ0v) is 16.1. The highest BCUT2D eigenvalue weighted by Gasteiger charge is 2.19. The Bertz CT molecular complexity index is 831.